The predicted octanol–water partition coefficient (Wildman–Crippen LogP) is 6.05. The van der Waals surface area contributed by atoms with E-state index in [0.29, 0.717) is 5.57 Å². The third-order valence-corrected chi connectivity index (χ3v) is 5.84. The van der Waals surface area contributed by atoms with Crippen molar-refractivity contribution in [2.24, 2.45) is 5.10 Å². The van der Waals surface area contributed by atoms with Crippen molar-refractivity contribution in [2.75, 3.05) is 5.01 Å². The van der Waals surface area contributed by atoms with Crippen molar-refractivity contribution in [3.8, 4) is 5.69 Å². The third kappa shape index (κ3) is 3.17. The van der Waals surface area contributed by atoms with Crippen LogP contribution in [0.4, 0.5) is 5.69 Å². The number of carbonyl (C=O) groups is 1. The minimum atomic E-state index is -0.0985. The molecule has 0 atom stereocenters. The van der Waals surface area contributed by atoms with E-state index in [1.807, 2.05) is 43.3 Å². The van der Waals surface area contributed by atoms with Gasteiger partial charge in [0.15, 0.2) is 0 Å². The fourth-order valence-corrected chi connectivity index (χ4v) is 4.29. The normalized spacial score (nSPS) is 15.2. The van der Waals surface area contributed by atoms with E-state index in [-0.39, 0.29) is 5.91 Å². The Morgan fingerprint density at radius 1 is 0.839 bits per heavy atom. The molecular formula is C27H23N3O. The van der Waals surface area contributed by atoms with Crippen LogP contribution >= 0.6 is 0 Å². The molecule has 0 spiro atoms. The standard InChI is InChI=1S/C27H23N3O/c1-18-16-22(17-25-19(2)28-30(27(25)31)23-12-5-4-6-13-23)20(3)29(18)26-15-9-11-21-10-7-8-14-24(21)26/h4-17H,1-3H3/b25-17+. The third-order valence-electron chi connectivity index (χ3n) is 5.84. The lowest BCUT2D eigenvalue weighted by Crippen LogP contribution is -2.21. The van der Waals surface area contributed by atoms with Crippen molar-refractivity contribution in [1.29, 1.82) is 0 Å². The van der Waals surface area contributed by atoms with Crippen LogP contribution in [0, 0.1) is 13.8 Å². The summed E-state index contributed by atoms with van der Waals surface area (Å²) in [6.45, 7) is 6.09. The summed E-state index contributed by atoms with van der Waals surface area (Å²) in [7, 11) is 0. The summed E-state index contributed by atoms with van der Waals surface area (Å²) >= 11 is 0. The molecule has 4 nitrogen and oxygen atoms in total. The molecule has 0 N–H and O–H groups in total. The number of hydrogen-bond acceptors (Lipinski definition) is 2. The van der Waals surface area contributed by atoms with Crippen LogP contribution in [0.5, 0.6) is 0 Å². The van der Waals surface area contributed by atoms with E-state index < -0.39 is 0 Å². The second kappa shape index (κ2) is 7.40. The summed E-state index contributed by atoms with van der Waals surface area (Å²) in [5, 5.41) is 8.39. The zero-order chi connectivity index (χ0) is 21.5. The monoisotopic (exact) mass is 405 g/mol. The molecule has 3 aromatic carbocycles. The Kier molecular flexibility index (Phi) is 4.55. The molecule has 31 heavy (non-hydrogen) atoms. The fourth-order valence-electron chi connectivity index (χ4n) is 4.29. The van der Waals surface area contributed by atoms with Crippen LogP contribution in [0.15, 0.2) is 89.5 Å². The molecule has 152 valence electrons. The Labute approximate surface area is 181 Å². The number of fused-ring (bicyclic) bond motifs is 1. The number of aryl methyl sites for hydroxylation is 1. The molecule has 1 aliphatic rings. The van der Waals surface area contributed by atoms with E-state index in [0.717, 1.165) is 34.0 Å². The Bertz CT molecular complexity index is 1370. The van der Waals surface area contributed by atoms with Gasteiger partial charge in [-0.2, -0.15) is 10.1 Å². The van der Waals surface area contributed by atoms with E-state index in [9.17, 15) is 4.79 Å². The summed E-state index contributed by atoms with van der Waals surface area (Å²) in [5.74, 6) is -0.0985. The van der Waals surface area contributed by atoms with Crippen LogP contribution in [0.25, 0.3) is 22.5 Å². The van der Waals surface area contributed by atoms with Crippen LogP contribution in [0.1, 0.15) is 23.9 Å². The summed E-state index contributed by atoms with van der Waals surface area (Å²) in [4.78, 5) is 13.1. The SMILES string of the molecule is CC1=NN(c2ccccc2)C(=O)/C1=C/c1cc(C)n(-c2cccc3ccccc23)c1C. The van der Waals surface area contributed by atoms with Gasteiger partial charge in [-0.25, -0.2) is 0 Å². The number of benzene rings is 3. The van der Waals surface area contributed by atoms with Gasteiger partial charge in [-0.3, -0.25) is 4.79 Å². The van der Waals surface area contributed by atoms with Crippen molar-refractivity contribution in [3.63, 3.8) is 0 Å². The zero-order valence-corrected chi connectivity index (χ0v) is 17.8. The number of rotatable bonds is 3. The highest BCUT2D eigenvalue weighted by Crippen LogP contribution is 2.30. The first kappa shape index (κ1) is 19.1. The molecule has 1 amide bonds. The maximum absolute atomic E-state index is 13.1. The molecule has 0 fully saturated rings. The minimum absolute atomic E-state index is 0.0985. The van der Waals surface area contributed by atoms with Gasteiger partial charge in [0.2, 0.25) is 0 Å². The molecule has 0 saturated carbocycles. The average molecular weight is 406 g/mol. The van der Waals surface area contributed by atoms with Gasteiger partial charge in [0.25, 0.3) is 5.91 Å². The van der Waals surface area contributed by atoms with E-state index in [4.69, 9.17) is 0 Å². The fraction of sp³-hybridized carbons (Fsp3) is 0.111. The Morgan fingerprint density at radius 2 is 1.55 bits per heavy atom. The van der Waals surface area contributed by atoms with Crippen molar-refractivity contribution in [1.82, 2.24) is 4.57 Å². The van der Waals surface area contributed by atoms with Gasteiger partial charge in [-0.1, -0.05) is 54.6 Å². The first-order valence-electron chi connectivity index (χ1n) is 10.4. The van der Waals surface area contributed by atoms with Gasteiger partial charge in [-0.15, -0.1) is 0 Å². The molecule has 0 radical (unpaired) electrons. The number of aromatic nitrogens is 1. The van der Waals surface area contributed by atoms with Crippen molar-refractivity contribution in [3.05, 3.63) is 101 Å². The molecule has 5 rings (SSSR count). The zero-order valence-electron chi connectivity index (χ0n) is 17.8. The van der Waals surface area contributed by atoms with Crippen molar-refractivity contribution >= 4 is 34.2 Å². The molecule has 2 heterocycles. The van der Waals surface area contributed by atoms with Crippen LogP contribution in [0.2, 0.25) is 0 Å². The number of nitrogens with zero attached hydrogens (tertiary/aromatic N) is 3. The number of hydrogen-bond donors (Lipinski definition) is 0. The van der Waals surface area contributed by atoms with Gasteiger partial charge in [0, 0.05) is 16.8 Å². The summed E-state index contributed by atoms with van der Waals surface area (Å²) in [6, 6.07) is 26.4. The maximum Gasteiger partial charge on any atom is 0.280 e. The number of hydrazone groups is 1. The smallest absolute Gasteiger partial charge is 0.280 e. The first-order valence-corrected chi connectivity index (χ1v) is 10.4. The second-order valence-electron chi connectivity index (χ2n) is 7.86. The number of para-hydroxylation sites is 1. The first-order chi connectivity index (χ1) is 15.0. The largest absolute Gasteiger partial charge is 0.317 e. The van der Waals surface area contributed by atoms with Crippen LogP contribution in [-0.2, 0) is 4.79 Å². The van der Waals surface area contributed by atoms with E-state index in [2.05, 4.69) is 72.0 Å². The highest BCUT2D eigenvalue weighted by molar-refractivity contribution is 6.32. The predicted molar refractivity (Wildman–Crippen MR) is 128 cm³/mol. The molecule has 0 unspecified atom stereocenters. The van der Waals surface area contributed by atoms with Gasteiger partial charge < -0.3 is 4.57 Å². The van der Waals surface area contributed by atoms with Crippen LogP contribution in [-0.4, -0.2) is 16.2 Å². The number of amides is 1. The molecule has 0 aliphatic carbocycles. The van der Waals surface area contributed by atoms with Gasteiger partial charge in [-0.05, 0) is 62.1 Å². The lowest BCUT2D eigenvalue weighted by molar-refractivity contribution is -0.114. The Morgan fingerprint density at radius 3 is 2.35 bits per heavy atom. The maximum atomic E-state index is 13.1. The summed E-state index contributed by atoms with van der Waals surface area (Å²) < 4.78 is 2.26. The summed E-state index contributed by atoms with van der Waals surface area (Å²) in [5.41, 5.74) is 6.52. The van der Waals surface area contributed by atoms with E-state index >= 15 is 0 Å². The average Bonchev–Trinajstić information content (AvgIpc) is 3.23. The molecule has 1 aliphatic heterocycles. The van der Waals surface area contributed by atoms with E-state index in [1.54, 1.807) is 0 Å². The van der Waals surface area contributed by atoms with Crippen molar-refractivity contribution in [2.45, 2.75) is 20.8 Å². The van der Waals surface area contributed by atoms with Crippen LogP contribution in [0.3, 0.4) is 0 Å². The van der Waals surface area contributed by atoms with Crippen molar-refractivity contribution < 1.29 is 4.79 Å². The molecule has 4 heteroatoms. The topological polar surface area (TPSA) is 37.6 Å². The van der Waals surface area contributed by atoms with Crippen LogP contribution < -0.4 is 5.01 Å². The highest BCUT2D eigenvalue weighted by Gasteiger charge is 2.29. The van der Waals surface area contributed by atoms with E-state index in [1.165, 1.54) is 15.8 Å². The highest BCUT2D eigenvalue weighted by atomic mass is 16.2. The second-order valence-corrected chi connectivity index (χ2v) is 7.86. The molecule has 1 aromatic heterocycles. The molecular weight excluding hydrogens is 382 g/mol. The Hall–Kier alpha value is -3.92. The van der Waals surface area contributed by atoms with Gasteiger partial charge in [0.05, 0.1) is 22.7 Å². The molecule has 0 saturated heterocycles. The van der Waals surface area contributed by atoms with Gasteiger partial charge in [0.1, 0.15) is 0 Å². The molecule has 0 bridgehead atoms. The number of carbonyl (C=O) groups excluding carboxylic acids is 1. The lowest BCUT2D eigenvalue weighted by Gasteiger charge is -2.13. The molecule has 4 aromatic rings. The van der Waals surface area contributed by atoms with Gasteiger partial charge >= 0.3 is 0 Å². The lowest BCUT2D eigenvalue weighted by atomic mass is 10.1. The summed E-state index contributed by atoms with van der Waals surface area (Å²) in [6.07, 6.45) is 1.97. The quantitative estimate of drug-likeness (QED) is 0.382. The Balaban J connectivity index is 1.58. The minimum Gasteiger partial charge on any atom is -0.317 e. The number of anilines is 1.